The molecule has 1 heterocycles. The van der Waals surface area contributed by atoms with Gasteiger partial charge >= 0.3 is 11.9 Å². The van der Waals surface area contributed by atoms with Crippen molar-refractivity contribution in [2.75, 3.05) is 18.9 Å². The number of hydrogen-bond acceptors (Lipinski definition) is 13. The molecular formula is C28H45N9O13S. The number of likely N-dealkylation sites (tertiary alicyclic amines) is 1. The predicted molar refractivity (Wildman–Crippen MR) is 176 cm³/mol. The number of carbonyl (C=O) groups is 10. The lowest BCUT2D eigenvalue weighted by atomic mass is 10.1. The van der Waals surface area contributed by atoms with Crippen LogP contribution in [0.4, 0.5) is 0 Å². The number of hydrogen-bond donors (Lipinski definition) is 12. The predicted octanol–water partition coefficient (Wildman–Crippen LogP) is -6.37. The third-order valence-corrected chi connectivity index (χ3v) is 7.82. The Balaban J connectivity index is 2.90. The first-order valence-corrected chi connectivity index (χ1v) is 16.2. The van der Waals surface area contributed by atoms with Gasteiger partial charge in [0.05, 0.1) is 25.5 Å². The molecule has 0 unspecified atom stereocenters. The van der Waals surface area contributed by atoms with Crippen molar-refractivity contribution >= 4 is 71.8 Å². The van der Waals surface area contributed by atoms with E-state index in [1.807, 2.05) is 0 Å². The maximum atomic E-state index is 13.1. The van der Waals surface area contributed by atoms with Gasteiger partial charge in [-0.1, -0.05) is 0 Å². The maximum Gasteiger partial charge on any atom is 0.325 e. The minimum Gasteiger partial charge on any atom is -0.481 e. The molecule has 0 radical (unpaired) electrons. The molecule has 0 aromatic carbocycles. The SMILES string of the molecule is C[C@H](NC(=O)[C@H](C)NC(=O)[C@H](C)NC(=O)[C@H](CS)NC(=O)[C@H](CO)NC(=O)[C@H](CC(N)=O)NC(=O)[C@@H]1CCCN1C(=O)[C@@H](N)CC(=O)O)C(=O)O. The van der Waals surface area contributed by atoms with Crippen LogP contribution in [-0.2, 0) is 47.9 Å². The zero-order chi connectivity index (χ0) is 39.2. The van der Waals surface area contributed by atoms with Gasteiger partial charge < -0.3 is 63.6 Å². The van der Waals surface area contributed by atoms with E-state index in [4.69, 9.17) is 21.7 Å². The van der Waals surface area contributed by atoms with Crippen LogP contribution in [0.1, 0.15) is 46.5 Å². The molecule has 0 aliphatic carbocycles. The Labute approximate surface area is 296 Å². The van der Waals surface area contributed by atoms with Crippen molar-refractivity contribution in [2.24, 2.45) is 11.5 Å². The van der Waals surface area contributed by atoms with Crippen LogP contribution >= 0.6 is 12.6 Å². The average molecular weight is 748 g/mol. The first kappa shape index (κ1) is 44.0. The van der Waals surface area contributed by atoms with E-state index in [-0.39, 0.29) is 18.7 Å². The molecule has 0 saturated carbocycles. The van der Waals surface area contributed by atoms with Crippen molar-refractivity contribution in [3.05, 3.63) is 0 Å². The molecule has 1 saturated heterocycles. The van der Waals surface area contributed by atoms with E-state index in [0.717, 1.165) is 4.90 Å². The fourth-order valence-electron chi connectivity index (χ4n) is 4.59. The smallest absolute Gasteiger partial charge is 0.325 e. The van der Waals surface area contributed by atoms with Crippen molar-refractivity contribution in [3.63, 3.8) is 0 Å². The molecule has 1 rings (SSSR count). The number of aliphatic carboxylic acids is 2. The number of nitrogens with one attached hydrogen (secondary N) is 6. The van der Waals surface area contributed by atoms with Crippen LogP contribution in [-0.4, -0.2) is 147 Å². The van der Waals surface area contributed by atoms with E-state index in [1.165, 1.54) is 20.8 Å². The van der Waals surface area contributed by atoms with Gasteiger partial charge in [-0.05, 0) is 33.6 Å². The molecule has 23 heteroatoms. The highest BCUT2D eigenvalue weighted by molar-refractivity contribution is 7.80. The lowest BCUT2D eigenvalue weighted by molar-refractivity contribution is -0.144. The van der Waals surface area contributed by atoms with Crippen LogP contribution in [0, 0.1) is 0 Å². The number of nitrogens with two attached hydrogens (primary N) is 2. The van der Waals surface area contributed by atoms with Gasteiger partial charge in [-0.3, -0.25) is 47.9 Å². The Morgan fingerprint density at radius 1 is 0.725 bits per heavy atom. The van der Waals surface area contributed by atoms with Crippen LogP contribution in [0.3, 0.4) is 0 Å². The lowest BCUT2D eigenvalue weighted by Crippen LogP contribution is -2.60. The van der Waals surface area contributed by atoms with Gasteiger partial charge in [-0.15, -0.1) is 0 Å². The van der Waals surface area contributed by atoms with E-state index in [2.05, 4.69) is 44.5 Å². The summed E-state index contributed by atoms with van der Waals surface area (Å²) < 4.78 is 0. The van der Waals surface area contributed by atoms with E-state index in [1.54, 1.807) is 0 Å². The van der Waals surface area contributed by atoms with Gasteiger partial charge in [0.25, 0.3) is 0 Å². The minimum atomic E-state index is -1.74. The van der Waals surface area contributed by atoms with Crippen LogP contribution in [0.25, 0.3) is 0 Å². The molecule has 22 nitrogen and oxygen atoms in total. The number of amides is 8. The topological polar surface area (TPSA) is 359 Å². The molecular weight excluding hydrogens is 702 g/mol. The highest BCUT2D eigenvalue weighted by Gasteiger charge is 2.39. The third-order valence-electron chi connectivity index (χ3n) is 7.45. The molecule has 1 aliphatic rings. The first-order chi connectivity index (χ1) is 23.7. The van der Waals surface area contributed by atoms with Crippen molar-refractivity contribution in [1.82, 2.24) is 36.8 Å². The van der Waals surface area contributed by atoms with Gasteiger partial charge in [0, 0.05) is 12.3 Å². The monoisotopic (exact) mass is 747 g/mol. The zero-order valence-electron chi connectivity index (χ0n) is 28.0. The normalized spacial score (nSPS) is 17.9. The minimum absolute atomic E-state index is 0.0667. The number of rotatable bonds is 20. The molecule has 8 amide bonds. The Kier molecular flexibility index (Phi) is 17.8. The van der Waals surface area contributed by atoms with Gasteiger partial charge in [0.2, 0.25) is 47.3 Å². The molecule has 13 N–H and O–H groups in total. The second-order valence-corrected chi connectivity index (χ2v) is 12.0. The van der Waals surface area contributed by atoms with Crippen molar-refractivity contribution in [3.8, 4) is 0 Å². The molecule has 1 fully saturated rings. The number of carboxylic acids is 2. The largest absolute Gasteiger partial charge is 0.481 e. The molecule has 1 aliphatic heterocycles. The second kappa shape index (κ2) is 20.6. The summed E-state index contributed by atoms with van der Waals surface area (Å²) in [6.07, 6.45) is -0.993. The number of carbonyl (C=O) groups excluding carboxylic acids is 8. The Morgan fingerprint density at radius 3 is 1.71 bits per heavy atom. The second-order valence-electron chi connectivity index (χ2n) is 11.6. The van der Waals surface area contributed by atoms with Gasteiger partial charge in [0.15, 0.2) is 0 Å². The van der Waals surface area contributed by atoms with Crippen LogP contribution in [0.5, 0.6) is 0 Å². The fraction of sp³-hybridized carbons (Fsp3) is 0.643. The maximum absolute atomic E-state index is 13.1. The van der Waals surface area contributed by atoms with Gasteiger partial charge in [-0.2, -0.15) is 12.6 Å². The van der Waals surface area contributed by atoms with Crippen molar-refractivity contribution in [1.29, 1.82) is 0 Å². The average Bonchev–Trinajstić information content (AvgIpc) is 3.54. The molecule has 51 heavy (non-hydrogen) atoms. The summed E-state index contributed by atoms with van der Waals surface area (Å²) in [5, 5.41) is 41.1. The van der Waals surface area contributed by atoms with Crippen molar-refractivity contribution in [2.45, 2.75) is 94.8 Å². The number of nitrogens with zero attached hydrogens (tertiary/aromatic N) is 1. The first-order valence-electron chi connectivity index (χ1n) is 15.6. The van der Waals surface area contributed by atoms with E-state index < -0.39 is 127 Å². The summed E-state index contributed by atoms with van der Waals surface area (Å²) in [6, 6.07) is -11.2. The Bertz CT molecular complexity index is 1370. The van der Waals surface area contributed by atoms with Gasteiger partial charge in [-0.25, -0.2) is 0 Å². The number of aliphatic hydroxyl groups is 1. The van der Waals surface area contributed by atoms with Crippen LogP contribution in [0.15, 0.2) is 0 Å². The Hall–Kier alpha value is -5.03. The number of aliphatic hydroxyl groups excluding tert-OH is 1. The molecule has 0 bridgehead atoms. The summed E-state index contributed by atoms with van der Waals surface area (Å²) in [5.74, 6) is -10.6. The molecule has 0 aromatic rings. The highest BCUT2D eigenvalue weighted by Crippen LogP contribution is 2.19. The summed E-state index contributed by atoms with van der Waals surface area (Å²) in [5.41, 5.74) is 10.9. The summed E-state index contributed by atoms with van der Waals surface area (Å²) in [7, 11) is 0. The third kappa shape index (κ3) is 14.0. The van der Waals surface area contributed by atoms with Gasteiger partial charge in [0.1, 0.15) is 42.3 Å². The molecule has 0 aromatic heterocycles. The summed E-state index contributed by atoms with van der Waals surface area (Å²) >= 11 is 4.01. The van der Waals surface area contributed by atoms with E-state index in [0.29, 0.717) is 6.42 Å². The van der Waals surface area contributed by atoms with Crippen LogP contribution in [0.2, 0.25) is 0 Å². The standard InChI is InChI=1S/C28H45N9O13S/c1-11(22(43)33-13(3)28(49)50)31-21(42)12(2)32-25(46)17(10-51)36-24(45)16(9-38)35-23(44)15(8-19(30)39)34-26(47)18-5-4-6-37(18)27(48)14(29)7-20(40)41/h11-18,38,51H,4-10,29H2,1-3H3,(H2,30,39)(H,31,42)(H,32,46)(H,33,43)(H,34,47)(H,35,44)(H,36,45)(H,40,41)(H,49,50)/t11-,12-,13-,14-,15-,16-,17-,18-/m0/s1. The molecule has 286 valence electrons. The highest BCUT2D eigenvalue weighted by atomic mass is 32.1. The van der Waals surface area contributed by atoms with Crippen molar-refractivity contribution < 1.29 is 63.3 Å². The lowest BCUT2D eigenvalue weighted by Gasteiger charge is -2.28. The number of primary amides is 1. The summed E-state index contributed by atoms with van der Waals surface area (Å²) in [6.45, 7) is 2.79. The number of carboxylic acid groups (broad SMARTS) is 2. The van der Waals surface area contributed by atoms with E-state index in [9.17, 15) is 53.1 Å². The number of thiol groups is 1. The fourth-order valence-corrected chi connectivity index (χ4v) is 4.84. The molecule has 0 spiro atoms. The zero-order valence-corrected chi connectivity index (χ0v) is 28.9. The summed E-state index contributed by atoms with van der Waals surface area (Å²) in [4.78, 5) is 124. The van der Waals surface area contributed by atoms with E-state index >= 15 is 0 Å². The Morgan fingerprint density at radius 2 is 1.22 bits per heavy atom. The quantitative estimate of drug-likeness (QED) is 0.0516. The molecule has 8 atom stereocenters. The van der Waals surface area contributed by atoms with Crippen LogP contribution < -0.4 is 43.4 Å².